The van der Waals surface area contributed by atoms with Gasteiger partial charge in [-0.3, -0.25) is 0 Å². The number of aromatic nitrogens is 3. The Morgan fingerprint density at radius 3 is 3.04 bits per heavy atom. The highest BCUT2D eigenvalue weighted by Crippen LogP contribution is 2.37. The van der Waals surface area contributed by atoms with Crippen LogP contribution in [-0.4, -0.2) is 39.4 Å². The zero-order chi connectivity index (χ0) is 16.9. The van der Waals surface area contributed by atoms with Crippen molar-refractivity contribution in [2.75, 3.05) is 13.2 Å². The monoisotopic (exact) mass is 330 g/mol. The van der Waals surface area contributed by atoms with Gasteiger partial charge < -0.3 is 15.2 Å². The summed E-state index contributed by atoms with van der Waals surface area (Å²) in [6, 6.07) is 6.58. The van der Waals surface area contributed by atoms with E-state index < -0.39 is 6.10 Å². The number of para-hydroxylation sites is 1. The molecular weight excluding hydrogens is 304 g/mol. The molecule has 2 atom stereocenters. The normalized spacial score (nSPS) is 18.8. The van der Waals surface area contributed by atoms with Crippen molar-refractivity contribution in [3.05, 3.63) is 41.7 Å². The van der Waals surface area contributed by atoms with Gasteiger partial charge in [0.05, 0.1) is 25.5 Å². The molecule has 0 amide bonds. The van der Waals surface area contributed by atoms with E-state index in [0.717, 1.165) is 25.2 Å². The van der Waals surface area contributed by atoms with E-state index in [0.29, 0.717) is 19.0 Å². The van der Waals surface area contributed by atoms with Crippen LogP contribution in [0.4, 0.5) is 0 Å². The lowest BCUT2D eigenvalue weighted by Crippen LogP contribution is -2.33. The van der Waals surface area contributed by atoms with E-state index in [2.05, 4.69) is 47.7 Å². The van der Waals surface area contributed by atoms with Gasteiger partial charge in [0.1, 0.15) is 5.75 Å². The second-order valence-corrected chi connectivity index (χ2v) is 6.65. The molecule has 0 radical (unpaired) electrons. The van der Waals surface area contributed by atoms with E-state index in [1.54, 1.807) is 17.1 Å². The van der Waals surface area contributed by atoms with E-state index in [1.165, 1.54) is 11.1 Å². The van der Waals surface area contributed by atoms with Gasteiger partial charge in [-0.1, -0.05) is 37.3 Å². The van der Waals surface area contributed by atoms with Crippen LogP contribution in [0.15, 0.2) is 30.6 Å². The zero-order valence-corrected chi connectivity index (χ0v) is 14.4. The number of aliphatic hydroxyl groups is 1. The first kappa shape index (κ1) is 16.9. The number of nitrogens with zero attached hydrogens (tertiary/aromatic N) is 3. The highest BCUT2D eigenvalue weighted by molar-refractivity contribution is 5.45. The van der Waals surface area contributed by atoms with Crippen molar-refractivity contribution in [3.8, 4) is 5.75 Å². The van der Waals surface area contributed by atoms with Crippen molar-refractivity contribution < 1.29 is 9.84 Å². The van der Waals surface area contributed by atoms with E-state index in [9.17, 15) is 5.11 Å². The highest BCUT2D eigenvalue weighted by Gasteiger charge is 2.23. The number of nitrogens with one attached hydrogen (secondary N) is 1. The van der Waals surface area contributed by atoms with Crippen molar-refractivity contribution in [3.63, 3.8) is 0 Å². The minimum atomic E-state index is -0.507. The Labute approximate surface area is 142 Å². The number of ether oxygens (including phenoxy) is 1. The second kappa shape index (κ2) is 7.77. The average Bonchev–Trinajstić information content (AvgIpc) is 2.98. The number of hydrogen-bond donors (Lipinski definition) is 2. The molecule has 6 nitrogen and oxygen atoms in total. The van der Waals surface area contributed by atoms with Gasteiger partial charge in [-0.25, -0.2) is 4.68 Å². The molecule has 130 valence electrons. The summed E-state index contributed by atoms with van der Waals surface area (Å²) in [4.78, 5) is 0. The molecule has 1 aliphatic rings. The largest absolute Gasteiger partial charge is 0.493 e. The van der Waals surface area contributed by atoms with Gasteiger partial charge in [0.2, 0.25) is 0 Å². The standard InChI is InChI=1S/C18H26N4O2/c1-13(2)15-5-3-6-16-17(7-4-10-24-18(15)16)19-11-14(23)12-22-9-8-20-21-22/h3,5-6,8-9,13-14,17,19,23H,4,7,10-12H2,1-2H3. The lowest BCUT2D eigenvalue weighted by Gasteiger charge is -2.22. The van der Waals surface area contributed by atoms with Gasteiger partial charge in [-0.2, -0.15) is 0 Å². The van der Waals surface area contributed by atoms with Crippen molar-refractivity contribution in [2.45, 2.75) is 51.3 Å². The zero-order valence-electron chi connectivity index (χ0n) is 14.4. The molecule has 0 saturated carbocycles. The molecule has 2 unspecified atom stereocenters. The van der Waals surface area contributed by atoms with Crippen LogP contribution in [-0.2, 0) is 6.54 Å². The molecule has 24 heavy (non-hydrogen) atoms. The molecule has 0 aliphatic carbocycles. The third-order valence-corrected chi connectivity index (χ3v) is 4.43. The summed E-state index contributed by atoms with van der Waals surface area (Å²) >= 11 is 0. The summed E-state index contributed by atoms with van der Waals surface area (Å²) < 4.78 is 7.68. The van der Waals surface area contributed by atoms with Crippen molar-refractivity contribution in [2.24, 2.45) is 0 Å². The Hall–Kier alpha value is -1.92. The maximum Gasteiger partial charge on any atom is 0.127 e. The fourth-order valence-electron chi connectivity index (χ4n) is 3.19. The first-order valence-corrected chi connectivity index (χ1v) is 8.66. The van der Waals surface area contributed by atoms with E-state index >= 15 is 0 Å². The molecule has 6 heteroatoms. The molecule has 2 aromatic rings. The van der Waals surface area contributed by atoms with Crippen LogP contribution in [0, 0.1) is 0 Å². The fourth-order valence-corrected chi connectivity index (χ4v) is 3.19. The third-order valence-electron chi connectivity index (χ3n) is 4.43. The van der Waals surface area contributed by atoms with E-state index in [-0.39, 0.29) is 6.04 Å². The molecule has 0 spiro atoms. The smallest absolute Gasteiger partial charge is 0.127 e. The van der Waals surface area contributed by atoms with Gasteiger partial charge in [0, 0.05) is 24.3 Å². The molecule has 1 aromatic carbocycles. The predicted octanol–water partition coefficient (Wildman–Crippen LogP) is 2.27. The Morgan fingerprint density at radius 1 is 1.42 bits per heavy atom. The number of hydrogen-bond acceptors (Lipinski definition) is 5. The summed E-state index contributed by atoms with van der Waals surface area (Å²) in [5.74, 6) is 1.45. The average molecular weight is 330 g/mol. The summed E-state index contributed by atoms with van der Waals surface area (Å²) in [7, 11) is 0. The highest BCUT2D eigenvalue weighted by atomic mass is 16.5. The maximum absolute atomic E-state index is 10.2. The summed E-state index contributed by atoms with van der Waals surface area (Å²) in [5.41, 5.74) is 2.45. The Morgan fingerprint density at radius 2 is 2.29 bits per heavy atom. The van der Waals surface area contributed by atoms with Gasteiger partial charge >= 0.3 is 0 Å². The van der Waals surface area contributed by atoms with Crippen molar-refractivity contribution >= 4 is 0 Å². The molecule has 2 N–H and O–H groups in total. The quantitative estimate of drug-likeness (QED) is 0.850. The molecule has 2 heterocycles. The topological polar surface area (TPSA) is 72.2 Å². The van der Waals surface area contributed by atoms with Crippen LogP contribution in [0.5, 0.6) is 5.75 Å². The van der Waals surface area contributed by atoms with Crippen LogP contribution in [0.25, 0.3) is 0 Å². The number of rotatable bonds is 6. The van der Waals surface area contributed by atoms with Crippen LogP contribution >= 0.6 is 0 Å². The molecule has 0 fully saturated rings. The van der Waals surface area contributed by atoms with E-state index in [4.69, 9.17) is 4.74 Å². The van der Waals surface area contributed by atoms with Crippen molar-refractivity contribution in [1.29, 1.82) is 0 Å². The Kier molecular flexibility index (Phi) is 5.48. The van der Waals surface area contributed by atoms with Gasteiger partial charge in [0.15, 0.2) is 0 Å². The minimum Gasteiger partial charge on any atom is -0.493 e. The van der Waals surface area contributed by atoms with Crippen LogP contribution in [0.1, 0.15) is 49.8 Å². The first-order chi connectivity index (χ1) is 11.6. The lowest BCUT2D eigenvalue weighted by atomic mass is 9.94. The number of fused-ring (bicyclic) bond motifs is 1. The minimum absolute atomic E-state index is 0.201. The Balaban J connectivity index is 1.69. The van der Waals surface area contributed by atoms with Gasteiger partial charge in [0.25, 0.3) is 0 Å². The van der Waals surface area contributed by atoms with Crippen LogP contribution < -0.4 is 10.1 Å². The maximum atomic E-state index is 10.2. The first-order valence-electron chi connectivity index (χ1n) is 8.66. The lowest BCUT2D eigenvalue weighted by molar-refractivity contribution is 0.141. The molecule has 1 aliphatic heterocycles. The Bertz CT molecular complexity index is 642. The summed E-state index contributed by atoms with van der Waals surface area (Å²) in [6.07, 6.45) is 4.88. The summed E-state index contributed by atoms with van der Waals surface area (Å²) in [5, 5.41) is 21.4. The SMILES string of the molecule is CC(C)c1cccc2c1OCCCC2NCC(O)Cn1ccnn1. The second-order valence-electron chi connectivity index (χ2n) is 6.65. The molecule has 3 rings (SSSR count). The van der Waals surface area contributed by atoms with E-state index in [1.807, 2.05) is 0 Å². The fraction of sp³-hybridized carbons (Fsp3) is 0.556. The summed E-state index contributed by atoms with van der Waals surface area (Å²) in [6.45, 7) is 6.07. The third kappa shape index (κ3) is 3.94. The van der Waals surface area contributed by atoms with Crippen LogP contribution in [0.3, 0.4) is 0 Å². The van der Waals surface area contributed by atoms with Crippen molar-refractivity contribution in [1.82, 2.24) is 20.3 Å². The number of benzene rings is 1. The van der Waals surface area contributed by atoms with Gasteiger partial charge in [-0.05, 0) is 24.3 Å². The molecular formula is C18H26N4O2. The van der Waals surface area contributed by atoms with Gasteiger partial charge in [-0.15, -0.1) is 5.10 Å². The molecule has 1 aromatic heterocycles. The predicted molar refractivity (Wildman–Crippen MR) is 92.0 cm³/mol. The number of aliphatic hydroxyl groups excluding tert-OH is 1. The van der Waals surface area contributed by atoms with Crippen LogP contribution in [0.2, 0.25) is 0 Å². The molecule has 0 saturated heterocycles. The molecule has 0 bridgehead atoms.